The van der Waals surface area contributed by atoms with Crippen LogP contribution in [-0.4, -0.2) is 12.2 Å². The summed E-state index contributed by atoms with van der Waals surface area (Å²) in [6.07, 6.45) is 1.91. The SMILES string of the molecule is CC(CC(C)(C)C)OOc1ccc(OOC(C)CC(C)(C)C)cc1. The summed E-state index contributed by atoms with van der Waals surface area (Å²) in [5.74, 6) is 1.29. The van der Waals surface area contributed by atoms with Crippen LogP contribution in [0.2, 0.25) is 0 Å². The van der Waals surface area contributed by atoms with Crippen LogP contribution in [0.15, 0.2) is 24.3 Å². The molecular formula is C20H34O4. The Balaban J connectivity index is 2.38. The van der Waals surface area contributed by atoms with Crippen LogP contribution in [0.3, 0.4) is 0 Å². The summed E-state index contributed by atoms with van der Waals surface area (Å²) in [6, 6.07) is 7.21. The van der Waals surface area contributed by atoms with E-state index in [4.69, 9.17) is 19.6 Å². The van der Waals surface area contributed by atoms with Crippen molar-refractivity contribution < 1.29 is 19.6 Å². The number of rotatable bonds is 8. The quantitative estimate of drug-likeness (QED) is 0.433. The standard InChI is InChI=1S/C20H34O4/c1-15(13-19(3,4)5)21-23-17-9-11-18(12-10-17)24-22-16(2)14-20(6,7)8/h9-12,15-16H,13-14H2,1-8H3. The van der Waals surface area contributed by atoms with Crippen LogP contribution in [0.25, 0.3) is 0 Å². The van der Waals surface area contributed by atoms with Gasteiger partial charge in [-0.3, -0.25) is 0 Å². The molecule has 4 heteroatoms. The first-order valence-electron chi connectivity index (χ1n) is 8.71. The number of benzene rings is 1. The zero-order valence-electron chi connectivity index (χ0n) is 16.5. The molecule has 0 amide bonds. The lowest BCUT2D eigenvalue weighted by Crippen LogP contribution is -2.19. The molecule has 0 saturated carbocycles. The van der Waals surface area contributed by atoms with Crippen molar-refractivity contribution in [1.29, 1.82) is 0 Å². The summed E-state index contributed by atoms with van der Waals surface area (Å²) < 4.78 is 0. The van der Waals surface area contributed by atoms with E-state index in [1.807, 2.05) is 13.8 Å². The summed E-state index contributed by atoms with van der Waals surface area (Å²) in [4.78, 5) is 21.6. The van der Waals surface area contributed by atoms with Crippen molar-refractivity contribution in [2.45, 2.75) is 80.4 Å². The maximum Gasteiger partial charge on any atom is 0.165 e. The van der Waals surface area contributed by atoms with E-state index in [9.17, 15) is 0 Å². The van der Waals surface area contributed by atoms with Gasteiger partial charge in [-0.25, -0.2) is 0 Å². The normalized spacial score (nSPS) is 15.0. The first-order chi connectivity index (χ1) is 10.9. The van der Waals surface area contributed by atoms with Gasteiger partial charge in [-0.2, -0.15) is 9.78 Å². The Hall–Kier alpha value is -1.26. The summed E-state index contributed by atoms with van der Waals surface area (Å²) in [7, 11) is 0. The molecule has 1 rings (SSSR count). The molecule has 2 atom stereocenters. The van der Waals surface area contributed by atoms with E-state index < -0.39 is 0 Å². The van der Waals surface area contributed by atoms with E-state index in [1.165, 1.54) is 0 Å². The van der Waals surface area contributed by atoms with E-state index in [-0.39, 0.29) is 23.0 Å². The van der Waals surface area contributed by atoms with Crippen molar-refractivity contribution >= 4 is 0 Å². The Labute approximate surface area is 147 Å². The van der Waals surface area contributed by atoms with Crippen LogP contribution in [0, 0.1) is 10.8 Å². The Bertz CT molecular complexity index is 423. The predicted molar refractivity (Wildman–Crippen MR) is 96.9 cm³/mol. The molecule has 1 aromatic carbocycles. The van der Waals surface area contributed by atoms with Crippen LogP contribution in [0.4, 0.5) is 0 Å². The first kappa shape index (κ1) is 20.8. The maximum atomic E-state index is 5.42. The fraction of sp³-hybridized carbons (Fsp3) is 0.700. The smallest absolute Gasteiger partial charge is 0.165 e. The third kappa shape index (κ3) is 9.78. The second-order valence-corrected chi connectivity index (χ2v) is 8.98. The minimum atomic E-state index is 0.0301. The van der Waals surface area contributed by atoms with E-state index in [0.717, 1.165) is 12.8 Å². The van der Waals surface area contributed by atoms with Crippen molar-refractivity contribution in [3.05, 3.63) is 24.3 Å². The Morgan fingerprint density at radius 2 is 0.958 bits per heavy atom. The summed E-state index contributed by atoms with van der Waals surface area (Å²) in [5, 5.41) is 0. The molecule has 24 heavy (non-hydrogen) atoms. The molecule has 0 aliphatic carbocycles. The monoisotopic (exact) mass is 338 g/mol. The van der Waals surface area contributed by atoms with Gasteiger partial charge in [0.05, 0.1) is 0 Å². The molecule has 0 fully saturated rings. The van der Waals surface area contributed by atoms with Gasteiger partial charge in [-0.15, -0.1) is 0 Å². The minimum absolute atomic E-state index is 0.0301. The molecule has 2 unspecified atom stereocenters. The molecule has 0 aromatic heterocycles. The van der Waals surface area contributed by atoms with Crippen LogP contribution < -0.4 is 9.78 Å². The molecule has 0 spiro atoms. The third-order valence-electron chi connectivity index (χ3n) is 3.24. The van der Waals surface area contributed by atoms with Gasteiger partial charge >= 0.3 is 0 Å². The van der Waals surface area contributed by atoms with Crippen molar-refractivity contribution in [3.8, 4) is 11.5 Å². The van der Waals surface area contributed by atoms with Gasteiger partial charge in [0.15, 0.2) is 11.5 Å². The van der Waals surface area contributed by atoms with Gasteiger partial charge in [0.1, 0.15) is 12.2 Å². The average molecular weight is 338 g/mol. The highest BCUT2D eigenvalue weighted by Crippen LogP contribution is 2.25. The van der Waals surface area contributed by atoms with E-state index in [0.29, 0.717) is 11.5 Å². The number of hydrogen-bond acceptors (Lipinski definition) is 4. The molecule has 138 valence electrons. The van der Waals surface area contributed by atoms with Crippen LogP contribution in [-0.2, 0) is 9.78 Å². The largest absolute Gasteiger partial charge is 0.337 e. The van der Waals surface area contributed by atoms with Gasteiger partial charge in [0.25, 0.3) is 0 Å². The second-order valence-electron chi connectivity index (χ2n) is 8.98. The van der Waals surface area contributed by atoms with Crippen molar-refractivity contribution in [2.75, 3.05) is 0 Å². The lowest BCUT2D eigenvalue weighted by molar-refractivity contribution is -0.247. The molecule has 0 bridgehead atoms. The second kappa shape index (κ2) is 8.72. The average Bonchev–Trinajstić information content (AvgIpc) is 2.40. The Morgan fingerprint density at radius 3 is 1.21 bits per heavy atom. The first-order valence-corrected chi connectivity index (χ1v) is 8.71. The van der Waals surface area contributed by atoms with Crippen molar-refractivity contribution in [1.82, 2.24) is 0 Å². The molecule has 1 aromatic rings. The molecule has 0 heterocycles. The van der Waals surface area contributed by atoms with E-state index in [1.54, 1.807) is 24.3 Å². The fourth-order valence-electron chi connectivity index (χ4n) is 2.62. The molecule has 4 nitrogen and oxygen atoms in total. The zero-order chi connectivity index (χ0) is 18.4. The van der Waals surface area contributed by atoms with Gasteiger partial charge in [-0.05, 0) is 61.8 Å². The highest BCUT2D eigenvalue weighted by Gasteiger charge is 2.18. The van der Waals surface area contributed by atoms with Gasteiger partial charge in [0, 0.05) is 0 Å². The summed E-state index contributed by atoms with van der Waals surface area (Å²) in [6.45, 7) is 17.1. The predicted octanol–water partition coefficient (Wildman–Crippen LogP) is 5.96. The Morgan fingerprint density at radius 1 is 0.667 bits per heavy atom. The van der Waals surface area contributed by atoms with Crippen LogP contribution >= 0.6 is 0 Å². The summed E-state index contributed by atoms with van der Waals surface area (Å²) in [5.41, 5.74) is 0.420. The number of hydrogen-bond donors (Lipinski definition) is 0. The van der Waals surface area contributed by atoms with Crippen LogP contribution in [0.1, 0.15) is 68.2 Å². The fourth-order valence-corrected chi connectivity index (χ4v) is 2.62. The van der Waals surface area contributed by atoms with Crippen molar-refractivity contribution in [2.24, 2.45) is 10.8 Å². The lowest BCUT2D eigenvalue weighted by Gasteiger charge is -2.22. The van der Waals surface area contributed by atoms with Crippen LogP contribution in [0.5, 0.6) is 11.5 Å². The highest BCUT2D eigenvalue weighted by molar-refractivity contribution is 5.30. The Kier molecular flexibility index (Phi) is 7.56. The van der Waals surface area contributed by atoms with Gasteiger partial charge in [0.2, 0.25) is 0 Å². The lowest BCUT2D eigenvalue weighted by atomic mass is 9.90. The minimum Gasteiger partial charge on any atom is -0.337 e. The van der Waals surface area contributed by atoms with E-state index >= 15 is 0 Å². The third-order valence-corrected chi connectivity index (χ3v) is 3.24. The highest BCUT2D eigenvalue weighted by atomic mass is 17.2. The summed E-state index contributed by atoms with van der Waals surface area (Å²) >= 11 is 0. The van der Waals surface area contributed by atoms with Gasteiger partial charge in [-0.1, -0.05) is 41.5 Å². The molecule has 0 saturated heterocycles. The maximum absolute atomic E-state index is 5.42. The molecule has 0 aliphatic heterocycles. The molecular weight excluding hydrogens is 304 g/mol. The topological polar surface area (TPSA) is 36.9 Å². The van der Waals surface area contributed by atoms with Gasteiger partial charge < -0.3 is 9.78 Å². The molecule has 0 aliphatic rings. The zero-order valence-corrected chi connectivity index (χ0v) is 16.5. The molecule has 0 N–H and O–H groups in total. The molecule has 0 radical (unpaired) electrons. The van der Waals surface area contributed by atoms with Crippen molar-refractivity contribution in [3.63, 3.8) is 0 Å². The van der Waals surface area contributed by atoms with E-state index in [2.05, 4.69) is 41.5 Å².